The molecule has 0 saturated carbocycles. The standard InChI is InChI=1S/C30H23BrN2O4/c31-20-15-25(34-21-7-5-9-23(17-21)36-29-13-3-1-11-27(29)32)19-26(16-20)35-22-8-6-10-24(18-22)37-30-14-4-2-12-28(30)33/h1-19H,32-33H2. The van der Waals surface area contributed by atoms with Gasteiger partial charge in [0.25, 0.3) is 0 Å². The van der Waals surface area contributed by atoms with E-state index < -0.39 is 0 Å². The van der Waals surface area contributed by atoms with Gasteiger partial charge < -0.3 is 30.4 Å². The lowest BCUT2D eigenvalue weighted by Crippen LogP contribution is -1.92. The van der Waals surface area contributed by atoms with Crippen molar-refractivity contribution in [2.75, 3.05) is 11.5 Å². The normalized spacial score (nSPS) is 10.5. The third-order valence-electron chi connectivity index (χ3n) is 5.22. The highest BCUT2D eigenvalue weighted by molar-refractivity contribution is 9.10. The van der Waals surface area contributed by atoms with Crippen LogP contribution in [0.1, 0.15) is 0 Å². The zero-order chi connectivity index (χ0) is 25.6. The number of nitrogens with two attached hydrogens (primary N) is 2. The summed E-state index contributed by atoms with van der Waals surface area (Å²) in [6.07, 6.45) is 0. The fourth-order valence-electron chi connectivity index (χ4n) is 3.53. The van der Waals surface area contributed by atoms with Crippen LogP contribution in [0.2, 0.25) is 0 Å². The summed E-state index contributed by atoms with van der Waals surface area (Å²) in [5, 5.41) is 0. The highest BCUT2D eigenvalue weighted by Crippen LogP contribution is 2.36. The molecule has 0 saturated heterocycles. The molecule has 184 valence electrons. The highest BCUT2D eigenvalue weighted by atomic mass is 79.9. The molecular formula is C30H23BrN2O4. The highest BCUT2D eigenvalue weighted by Gasteiger charge is 2.08. The van der Waals surface area contributed by atoms with Gasteiger partial charge in [0.2, 0.25) is 0 Å². The van der Waals surface area contributed by atoms with Crippen molar-refractivity contribution >= 4 is 27.3 Å². The summed E-state index contributed by atoms with van der Waals surface area (Å²) in [5.74, 6) is 4.77. The van der Waals surface area contributed by atoms with E-state index in [1.807, 2.05) is 84.9 Å². The van der Waals surface area contributed by atoms with Crippen molar-refractivity contribution in [3.63, 3.8) is 0 Å². The molecule has 0 bridgehead atoms. The molecule has 0 heterocycles. The minimum Gasteiger partial charge on any atom is -0.457 e. The average Bonchev–Trinajstić information content (AvgIpc) is 2.87. The third-order valence-corrected chi connectivity index (χ3v) is 5.68. The molecule has 0 radical (unpaired) electrons. The summed E-state index contributed by atoms with van der Waals surface area (Å²) in [6, 6.07) is 34.8. The van der Waals surface area contributed by atoms with Crippen molar-refractivity contribution in [1.29, 1.82) is 0 Å². The molecule has 0 aliphatic rings. The molecule has 5 aromatic rings. The molecule has 0 aliphatic carbocycles. The van der Waals surface area contributed by atoms with Crippen LogP contribution in [0.15, 0.2) is 120 Å². The van der Waals surface area contributed by atoms with Gasteiger partial charge >= 0.3 is 0 Å². The van der Waals surface area contributed by atoms with E-state index in [1.165, 1.54) is 0 Å². The molecule has 7 heteroatoms. The van der Waals surface area contributed by atoms with Gasteiger partial charge in [-0.05, 0) is 60.7 Å². The second-order valence-corrected chi connectivity index (χ2v) is 8.97. The molecule has 0 aromatic heterocycles. The first-order valence-electron chi connectivity index (χ1n) is 11.4. The summed E-state index contributed by atoms with van der Waals surface area (Å²) < 4.78 is 24.8. The molecular weight excluding hydrogens is 532 g/mol. The van der Waals surface area contributed by atoms with Gasteiger partial charge in [0.1, 0.15) is 46.0 Å². The van der Waals surface area contributed by atoms with Gasteiger partial charge in [0, 0.05) is 22.7 Å². The van der Waals surface area contributed by atoms with Crippen molar-refractivity contribution in [1.82, 2.24) is 0 Å². The molecule has 0 aliphatic heterocycles. The number of ether oxygens (including phenoxy) is 4. The van der Waals surface area contributed by atoms with Gasteiger partial charge in [-0.15, -0.1) is 0 Å². The second kappa shape index (κ2) is 11.0. The monoisotopic (exact) mass is 554 g/mol. The van der Waals surface area contributed by atoms with Gasteiger partial charge in [-0.1, -0.05) is 52.3 Å². The molecule has 37 heavy (non-hydrogen) atoms. The largest absolute Gasteiger partial charge is 0.457 e. The van der Waals surface area contributed by atoms with E-state index in [9.17, 15) is 0 Å². The number of benzene rings is 5. The topological polar surface area (TPSA) is 89.0 Å². The van der Waals surface area contributed by atoms with E-state index in [0.29, 0.717) is 57.4 Å². The van der Waals surface area contributed by atoms with Crippen LogP contribution in [0.25, 0.3) is 0 Å². The van der Waals surface area contributed by atoms with Crippen molar-refractivity contribution < 1.29 is 18.9 Å². The molecule has 0 atom stereocenters. The fraction of sp³-hybridized carbons (Fsp3) is 0. The van der Waals surface area contributed by atoms with E-state index in [-0.39, 0.29) is 0 Å². The summed E-state index contributed by atoms with van der Waals surface area (Å²) in [4.78, 5) is 0. The Morgan fingerprint density at radius 2 is 0.784 bits per heavy atom. The van der Waals surface area contributed by atoms with Gasteiger partial charge in [0.05, 0.1) is 11.4 Å². The van der Waals surface area contributed by atoms with Crippen LogP contribution in [0, 0.1) is 0 Å². The van der Waals surface area contributed by atoms with Gasteiger partial charge in [-0.3, -0.25) is 0 Å². The lowest BCUT2D eigenvalue weighted by molar-refractivity contribution is 0.447. The lowest BCUT2D eigenvalue weighted by atomic mass is 10.2. The first-order chi connectivity index (χ1) is 18.0. The van der Waals surface area contributed by atoms with Crippen molar-refractivity contribution in [2.24, 2.45) is 0 Å². The first kappa shape index (κ1) is 24.1. The Hall–Kier alpha value is -4.62. The molecule has 0 spiro atoms. The Balaban J connectivity index is 1.31. The second-order valence-electron chi connectivity index (χ2n) is 8.06. The average molecular weight is 555 g/mol. The van der Waals surface area contributed by atoms with Gasteiger partial charge in [-0.2, -0.15) is 0 Å². The first-order valence-corrected chi connectivity index (χ1v) is 12.2. The molecule has 0 fully saturated rings. The number of halogens is 1. The molecule has 5 rings (SSSR count). The van der Waals surface area contributed by atoms with Crippen molar-refractivity contribution in [3.05, 3.63) is 120 Å². The Morgan fingerprint density at radius 1 is 0.405 bits per heavy atom. The van der Waals surface area contributed by atoms with E-state index in [4.69, 9.17) is 30.4 Å². The molecule has 0 unspecified atom stereocenters. The van der Waals surface area contributed by atoms with Crippen LogP contribution < -0.4 is 30.4 Å². The van der Waals surface area contributed by atoms with Crippen LogP contribution in [-0.2, 0) is 0 Å². The summed E-state index contributed by atoms with van der Waals surface area (Å²) in [6.45, 7) is 0. The number of hydrogen-bond donors (Lipinski definition) is 2. The van der Waals surface area contributed by atoms with E-state index in [1.54, 1.807) is 30.3 Å². The number of hydrogen-bond acceptors (Lipinski definition) is 6. The summed E-state index contributed by atoms with van der Waals surface area (Å²) >= 11 is 3.54. The van der Waals surface area contributed by atoms with Crippen LogP contribution >= 0.6 is 15.9 Å². The smallest absolute Gasteiger partial charge is 0.150 e. The van der Waals surface area contributed by atoms with E-state index >= 15 is 0 Å². The Bertz CT molecular complexity index is 1430. The number of anilines is 2. The number of nitrogen functional groups attached to an aromatic ring is 2. The predicted octanol–water partition coefficient (Wildman–Crippen LogP) is 8.78. The van der Waals surface area contributed by atoms with Crippen molar-refractivity contribution in [3.8, 4) is 46.0 Å². The van der Waals surface area contributed by atoms with Crippen LogP contribution in [0.4, 0.5) is 11.4 Å². The summed E-state index contributed by atoms with van der Waals surface area (Å²) in [5.41, 5.74) is 13.1. The molecule has 4 N–H and O–H groups in total. The lowest BCUT2D eigenvalue weighted by Gasteiger charge is -2.13. The Kier molecular flexibility index (Phi) is 7.14. The maximum absolute atomic E-state index is 6.10. The van der Waals surface area contributed by atoms with Crippen LogP contribution in [-0.4, -0.2) is 0 Å². The van der Waals surface area contributed by atoms with Crippen molar-refractivity contribution in [2.45, 2.75) is 0 Å². The fourth-order valence-corrected chi connectivity index (χ4v) is 3.98. The quantitative estimate of drug-likeness (QED) is 0.186. The van der Waals surface area contributed by atoms with E-state index in [2.05, 4.69) is 15.9 Å². The zero-order valence-electron chi connectivity index (χ0n) is 19.6. The third kappa shape index (κ3) is 6.34. The molecule has 5 aromatic carbocycles. The minimum atomic E-state index is 0.560. The number of para-hydroxylation sites is 4. The van der Waals surface area contributed by atoms with Crippen LogP contribution in [0.3, 0.4) is 0 Å². The Labute approximate surface area is 223 Å². The molecule has 0 amide bonds. The summed E-state index contributed by atoms with van der Waals surface area (Å²) in [7, 11) is 0. The SMILES string of the molecule is Nc1ccccc1Oc1cccc(Oc2cc(Br)cc(Oc3cccc(Oc4ccccc4N)c3)c2)c1. The molecule has 6 nitrogen and oxygen atoms in total. The van der Waals surface area contributed by atoms with Gasteiger partial charge in [-0.25, -0.2) is 0 Å². The maximum atomic E-state index is 6.10. The van der Waals surface area contributed by atoms with Crippen LogP contribution in [0.5, 0.6) is 46.0 Å². The Morgan fingerprint density at radius 3 is 1.22 bits per heavy atom. The predicted molar refractivity (Wildman–Crippen MR) is 149 cm³/mol. The van der Waals surface area contributed by atoms with Gasteiger partial charge in [0.15, 0.2) is 0 Å². The number of rotatable bonds is 8. The minimum absolute atomic E-state index is 0.560. The zero-order valence-corrected chi connectivity index (χ0v) is 21.2. The maximum Gasteiger partial charge on any atom is 0.150 e. The van der Waals surface area contributed by atoms with E-state index in [0.717, 1.165) is 4.47 Å².